The summed E-state index contributed by atoms with van der Waals surface area (Å²) in [5, 5.41) is 2.59. The number of benzene rings is 2. The third-order valence-electron chi connectivity index (χ3n) is 4.67. The van der Waals surface area contributed by atoms with Crippen LogP contribution < -0.4 is 5.32 Å². The van der Waals surface area contributed by atoms with Crippen LogP contribution in [0.15, 0.2) is 53.4 Å². The van der Waals surface area contributed by atoms with Crippen molar-refractivity contribution in [3.8, 4) is 0 Å². The van der Waals surface area contributed by atoms with Crippen LogP contribution in [0.5, 0.6) is 0 Å². The number of nitrogens with zero attached hydrogens (tertiary/aromatic N) is 1. The summed E-state index contributed by atoms with van der Waals surface area (Å²) in [4.78, 5) is 12.5. The highest BCUT2D eigenvalue weighted by atomic mass is 32.2. The second kappa shape index (κ2) is 7.78. The van der Waals surface area contributed by atoms with Gasteiger partial charge in [0.05, 0.1) is 4.90 Å². The maximum absolute atomic E-state index is 13.2. The maximum atomic E-state index is 13.2. The fourth-order valence-corrected chi connectivity index (χ4v) is 5.18. The second-order valence-corrected chi connectivity index (χ2v) is 9.19. The first kappa shape index (κ1) is 19.5. The molecule has 7 heteroatoms. The van der Waals surface area contributed by atoms with Crippen LogP contribution in [0.25, 0.3) is 0 Å². The summed E-state index contributed by atoms with van der Waals surface area (Å²) in [5.74, 6) is -0.233. The van der Waals surface area contributed by atoms with Crippen molar-refractivity contribution in [3.63, 3.8) is 0 Å². The molecule has 0 spiro atoms. The van der Waals surface area contributed by atoms with E-state index in [2.05, 4.69) is 19.2 Å². The Labute approximate surface area is 159 Å². The predicted octanol–water partition coefficient (Wildman–Crippen LogP) is 3.74. The molecule has 1 saturated heterocycles. The molecule has 1 heterocycles. The van der Waals surface area contributed by atoms with Crippen LogP contribution in [0.1, 0.15) is 30.6 Å². The first-order valence-corrected chi connectivity index (χ1v) is 10.4. The van der Waals surface area contributed by atoms with Gasteiger partial charge < -0.3 is 5.32 Å². The number of carbonyl (C=O) groups excluding carboxylic acids is 1. The molecule has 1 amide bonds. The summed E-state index contributed by atoms with van der Waals surface area (Å²) in [6.07, 6.45) is 1.02. The summed E-state index contributed by atoms with van der Waals surface area (Å²) < 4.78 is 40.5. The molecular formula is C20H23FN2O3S. The molecule has 0 aliphatic carbocycles. The molecule has 5 nitrogen and oxygen atoms in total. The van der Waals surface area contributed by atoms with E-state index < -0.39 is 21.7 Å². The quantitative estimate of drug-likeness (QED) is 0.865. The van der Waals surface area contributed by atoms with Gasteiger partial charge in [-0.05, 0) is 60.7 Å². The van der Waals surface area contributed by atoms with E-state index in [4.69, 9.17) is 0 Å². The molecule has 0 radical (unpaired) electrons. The fraction of sp³-hybridized carbons (Fsp3) is 0.350. The third-order valence-corrected chi connectivity index (χ3v) is 6.52. The molecular weight excluding hydrogens is 367 g/mol. The van der Waals surface area contributed by atoms with Gasteiger partial charge in [-0.1, -0.05) is 19.9 Å². The van der Waals surface area contributed by atoms with Crippen molar-refractivity contribution < 1.29 is 17.6 Å². The number of piperidine rings is 1. The van der Waals surface area contributed by atoms with Crippen LogP contribution in [-0.4, -0.2) is 31.7 Å². The van der Waals surface area contributed by atoms with Crippen molar-refractivity contribution in [1.29, 1.82) is 0 Å². The van der Waals surface area contributed by atoms with Crippen LogP contribution in [-0.2, 0) is 10.0 Å². The normalized spacial score (nSPS) is 21.0. The highest BCUT2D eigenvalue weighted by Crippen LogP contribution is 2.26. The molecule has 0 bridgehead atoms. The number of rotatable bonds is 4. The Morgan fingerprint density at radius 2 is 1.70 bits per heavy atom. The molecule has 0 saturated carbocycles. The van der Waals surface area contributed by atoms with E-state index in [1.807, 2.05) is 0 Å². The number of nitrogens with one attached hydrogen (secondary N) is 1. The Morgan fingerprint density at radius 3 is 2.30 bits per heavy atom. The number of halogens is 1. The minimum Gasteiger partial charge on any atom is -0.322 e. The lowest BCUT2D eigenvalue weighted by Gasteiger charge is -2.34. The lowest BCUT2D eigenvalue weighted by molar-refractivity contribution is 0.102. The third kappa shape index (κ3) is 4.54. The van der Waals surface area contributed by atoms with Gasteiger partial charge in [0, 0.05) is 24.3 Å². The summed E-state index contributed by atoms with van der Waals surface area (Å²) in [5.41, 5.74) is 0.645. The minimum atomic E-state index is -3.58. The Kier molecular flexibility index (Phi) is 5.62. The molecule has 144 valence electrons. The highest BCUT2D eigenvalue weighted by molar-refractivity contribution is 7.89. The lowest BCUT2D eigenvalue weighted by Crippen LogP contribution is -2.42. The predicted molar refractivity (Wildman–Crippen MR) is 102 cm³/mol. The first-order chi connectivity index (χ1) is 12.8. The van der Waals surface area contributed by atoms with Crippen LogP contribution in [0.3, 0.4) is 0 Å². The van der Waals surface area contributed by atoms with Crippen LogP contribution in [0, 0.1) is 17.7 Å². The van der Waals surface area contributed by atoms with E-state index in [1.54, 1.807) is 6.07 Å². The first-order valence-electron chi connectivity index (χ1n) is 8.93. The number of hydrogen-bond acceptors (Lipinski definition) is 3. The molecule has 0 unspecified atom stereocenters. The fourth-order valence-electron chi connectivity index (χ4n) is 3.50. The highest BCUT2D eigenvalue weighted by Gasteiger charge is 2.31. The van der Waals surface area contributed by atoms with E-state index in [0.29, 0.717) is 36.2 Å². The van der Waals surface area contributed by atoms with Gasteiger partial charge in [-0.25, -0.2) is 12.8 Å². The number of amides is 1. The number of anilines is 1. The molecule has 1 aliphatic heterocycles. The van der Waals surface area contributed by atoms with E-state index >= 15 is 0 Å². The van der Waals surface area contributed by atoms with Crippen LogP contribution in [0.4, 0.5) is 10.1 Å². The summed E-state index contributed by atoms with van der Waals surface area (Å²) in [7, 11) is -3.58. The Hall–Kier alpha value is -2.25. The Bertz CT molecular complexity index is 918. The number of sulfonamides is 1. The molecule has 27 heavy (non-hydrogen) atoms. The molecule has 1 aliphatic rings. The Balaban J connectivity index is 1.75. The van der Waals surface area contributed by atoms with Gasteiger partial charge in [-0.3, -0.25) is 4.79 Å². The SMILES string of the molecule is C[C@@H]1C[C@@H](C)CN(S(=O)(=O)c2ccc(C(=O)Nc3cccc(F)c3)cc2)C1. The summed E-state index contributed by atoms with van der Waals surface area (Å²) >= 11 is 0. The lowest BCUT2D eigenvalue weighted by atomic mass is 9.94. The van der Waals surface area contributed by atoms with Gasteiger partial charge in [-0.15, -0.1) is 0 Å². The van der Waals surface area contributed by atoms with Crippen LogP contribution in [0.2, 0.25) is 0 Å². The standard InChI is InChI=1S/C20H23FN2O3S/c1-14-10-15(2)13-23(12-14)27(25,26)19-8-6-16(7-9-19)20(24)22-18-5-3-4-17(21)11-18/h3-9,11,14-15H,10,12-13H2,1-2H3,(H,22,24)/t14-,15-/m1/s1. The second-order valence-electron chi connectivity index (χ2n) is 7.26. The average molecular weight is 390 g/mol. The van der Waals surface area contributed by atoms with E-state index in [9.17, 15) is 17.6 Å². The van der Waals surface area contributed by atoms with E-state index in [1.165, 1.54) is 46.8 Å². The van der Waals surface area contributed by atoms with Crippen molar-refractivity contribution in [2.75, 3.05) is 18.4 Å². The van der Waals surface area contributed by atoms with Gasteiger partial charge in [0.15, 0.2) is 0 Å². The van der Waals surface area contributed by atoms with Gasteiger partial charge in [0.25, 0.3) is 5.91 Å². The average Bonchev–Trinajstić information content (AvgIpc) is 2.61. The van der Waals surface area contributed by atoms with Crippen molar-refractivity contribution in [1.82, 2.24) is 4.31 Å². The molecule has 1 N–H and O–H groups in total. The molecule has 1 fully saturated rings. The minimum absolute atomic E-state index is 0.172. The largest absolute Gasteiger partial charge is 0.322 e. The molecule has 0 aromatic heterocycles. The smallest absolute Gasteiger partial charge is 0.255 e. The zero-order valence-corrected chi connectivity index (χ0v) is 16.2. The zero-order chi connectivity index (χ0) is 19.6. The van der Waals surface area contributed by atoms with Crippen molar-refractivity contribution in [3.05, 3.63) is 59.9 Å². The van der Waals surface area contributed by atoms with E-state index in [-0.39, 0.29) is 4.90 Å². The van der Waals surface area contributed by atoms with Gasteiger partial charge in [0.2, 0.25) is 10.0 Å². The molecule has 2 atom stereocenters. The monoisotopic (exact) mass is 390 g/mol. The zero-order valence-electron chi connectivity index (χ0n) is 15.4. The number of carbonyl (C=O) groups is 1. The Morgan fingerprint density at radius 1 is 1.07 bits per heavy atom. The molecule has 3 rings (SSSR count). The van der Waals surface area contributed by atoms with Gasteiger partial charge in [-0.2, -0.15) is 4.31 Å². The molecule has 2 aromatic carbocycles. The van der Waals surface area contributed by atoms with Crippen molar-refractivity contribution in [2.24, 2.45) is 11.8 Å². The number of hydrogen-bond donors (Lipinski definition) is 1. The molecule has 2 aromatic rings. The topological polar surface area (TPSA) is 66.5 Å². The van der Waals surface area contributed by atoms with Crippen molar-refractivity contribution in [2.45, 2.75) is 25.2 Å². The van der Waals surface area contributed by atoms with Crippen molar-refractivity contribution >= 4 is 21.6 Å². The summed E-state index contributed by atoms with van der Waals surface area (Å²) in [6, 6.07) is 11.4. The van der Waals surface area contributed by atoms with Gasteiger partial charge >= 0.3 is 0 Å². The summed E-state index contributed by atoms with van der Waals surface area (Å²) in [6.45, 7) is 5.12. The maximum Gasteiger partial charge on any atom is 0.255 e. The van der Waals surface area contributed by atoms with Crippen LogP contribution >= 0.6 is 0 Å². The van der Waals surface area contributed by atoms with Gasteiger partial charge in [0.1, 0.15) is 5.82 Å². The van der Waals surface area contributed by atoms with E-state index in [0.717, 1.165) is 6.42 Å².